The van der Waals surface area contributed by atoms with Gasteiger partial charge in [0.25, 0.3) is 5.69 Å². The average Bonchev–Trinajstić information content (AvgIpc) is 2.83. The van der Waals surface area contributed by atoms with Gasteiger partial charge in [-0.15, -0.1) is 0 Å². The molecule has 1 amide bonds. The minimum atomic E-state index is -0.568. The van der Waals surface area contributed by atoms with E-state index < -0.39 is 16.6 Å². The molecule has 1 N–H and O–H groups in total. The van der Waals surface area contributed by atoms with Gasteiger partial charge in [-0.05, 0) is 39.3 Å². The second kappa shape index (κ2) is 7.69. The van der Waals surface area contributed by atoms with Crippen molar-refractivity contribution in [3.8, 4) is 0 Å². The Bertz CT molecular complexity index is 809. The number of aromatic nitrogens is 2. The average molecular weight is 364 g/mol. The molecular weight excluding hydrogens is 340 g/mol. The number of non-ortho nitro benzene ring substituents is 1. The Morgan fingerprint density at radius 1 is 1.42 bits per heavy atom. The van der Waals surface area contributed by atoms with E-state index >= 15 is 0 Å². The number of amides is 1. The quantitative estimate of drug-likeness (QED) is 0.623. The molecule has 0 saturated carbocycles. The Kier molecular flexibility index (Phi) is 5.81. The predicted molar refractivity (Wildman–Crippen MR) is 95.9 cm³/mol. The first-order chi connectivity index (χ1) is 12.0. The van der Waals surface area contributed by atoms with E-state index in [2.05, 4.69) is 10.4 Å². The molecule has 0 aliphatic carbocycles. The SMILES string of the molecule is C[C@H](COCc1cc([N+](=O)[O-])c2cn(C)nc2c1)NC(=O)OC(C)(C)C. The lowest BCUT2D eigenvalue weighted by molar-refractivity contribution is -0.383. The van der Waals surface area contributed by atoms with Crippen LogP contribution in [0.3, 0.4) is 0 Å². The number of fused-ring (bicyclic) bond motifs is 1. The number of carbonyl (C=O) groups is 1. The molecule has 26 heavy (non-hydrogen) atoms. The largest absolute Gasteiger partial charge is 0.444 e. The Balaban J connectivity index is 1.95. The fourth-order valence-electron chi connectivity index (χ4n) is 2.42. The summed E-state index contributed by atoms with van der Waals surface area (Å²) in [6.07, 6.45) is 1.10. The van der Waals surface area contributed by atoms with Crippen molar-refractivity contribution < 1.29 is 19.2 Å². The van der Waals surface area contributed by atoms with Crippen LogP contribution >= 0.6 is 0 Å². The van der Waals surface area contributed by atoms with Gasteiger partial charge in [-0.25, -0.2) is 4.79 Å². The highest BCUT2D eigenvalue weighted by atomic mass is 16.6. The summed E-state index contributed by atoms with van der Waals surface area (Å²) >= 11 is 0. The van der Waals surface area contributed by atoms with E-state index in [0.717, 1.165) is 0 Å². The molecule has 1 heterocycles. The van der Waals surface area contributed by atoms with Gasteiger partial charge in [0.1, 0.15) is 5.60 Å². The normalized spacial score (nSPS) is 12.8. The first kappa shape index (κ1) is 19.6. The van der Waals surface area contributed by atoms with E-state index in [1.54, 1.807) is 47.0 Å². The number of rotatable bonds is 6. The van der Waals surface area contributed by atoms with Gasteiger partial charge in [0, 0.05) is 19.3 Å². The third kappa shape index (κ3) is 5.41. The van der Waals surface area contributed by atoms with E-state index in [1.807, 2.05) is 0 Å². The predicted octanol–water partition coefficient (Wildman–Crippen LogP) is 2.91. The van der Waals surface area contributed by atoms with Gasteiger partial charge in [0.05, 0.1) is 35.1 Å². The fraction of sp³-hybridized carbons (Fsp3) is 0.529. The van der Waals surface area contributed by atoms with Crippen LogP contribution < -0.4 is 5.32 Å². The zero-order valence-electron chi connectivity index (χ0n) is 15.6. The van der Waals surface area contributed by atoms with Crippen molar-refractivity contribution in [2.24, 2.45) is 7.05 Å². The third-order valence-electron chi connectivity index (χ3n) is 3.37. The van der Waals surface area contributed by atoms with E-state index in [-0.39, 0.29) is 24.9 Å². The summed E-state index contributed by atoms with van der Waals surface area (Å²) in [6.45, 7) is 7.56. The summed E-state index contributed by atoms with van der Waals surface area (Å²) in [5.41, 5.74) is 0.614. The number of benzene rings is 1. The lowest BCUT2D eigenvalue weighted by Crippen LogP contribution is -2.39. The van der Waals surface area contributed by atoms with Crippen LogP contribution in [0.5, 0.6) is 0 Å². The number of nitro benzene ring substituents is 1. The van der Waals surface area contributed by atoms with Gasteiger partial charge < -0.3 is 14.8 Å². The highest BCUT2D eigenvalue weighted by Crippen LogP contribution is 2.26. The van der Waals surface area contributed by atoms with Crippen molar-refractivity contribution in [2.45, 2.75) is 45.9 Å². The molecule has 0 fully saturated rings. The zero-order valence-corrected chi connectivity index (χ0v) is 15.6. The number of ether oxygens (including phenoxy) is 2. The Hall–Kier alpha value is -2.68. The number of aryl methyl sites for hydroxylation is 1. The van der Waals surface area contributed by atoms with Gasteiger partial charge in [-0.3, -0.25) is 14.8 Å². The van der Waals surface area contributed by atoms with Crippen molar-refractivity contribution in [2.75, 3.05) is 6.61 Å². The molecule has 0 radical (unpaired) electrons. The summed E-state index contributed by atoms with van der Waals surface area (Å²) in [7, 11) is 1.71. The van der Waals surface area contributed by atoms with Crippen molar-refractivity contribution >= 4 is 22.7 Å². The number of nitrogens with one attached hydrogen (secondary N) is 1. The molecule has 2 rings (SSSR count). The second-order valence-corrected chi connectivity index (χ2v) is 7.17. The maximum absolute atomic E-state index is 11.7. The molecule has 1 aromatic carbocycles. The van der Waals surface area contributed by atoms with Crippen LogP contribution in [0, 0.1) is 10.1 Å². The van der Waals surface area contributed by atoms with Crippen LogP contribution in [0.15, 0.2) is 18.3 Å². The van der Waals surface area contributed by atoms with E-state index in [0.29, 0.717) is 16.5 Å². The van der Waals surface area contributed by atoms with Crippen LogP contribution in [0.4, 0.5) is 10.5 Å². The van der Waals surface area contributed by atoms with E-state index in [1.165, 1.54) is 10.7 Å². The topological polar surface area (TPSA) is 109 Å². The summed E-state index contributed by atoms with van der Waals surface area (Å²) in [5, 5.41) is 18.6. The van der Waals surface area contributed by atoms with Crippen molar-refractivity contribution in [3.63, 3.8) is 0 Å². The maximum Gasteiger partial charge on any atom is 0.407 e. The molecule has 0 bridgehead atoms. The number of nitro groups is 1. The maximum atomic E-state index is 11.7. The summed E-state index contributed by atoms with van der Waals surface area (Å²) in [5.74, 6) is 0. The Labute approximate surface area is 151 Å². The molecule has 9 heteroatoms. The first-order valence-corrected chi connectivity index (χ1v) is 8.23. The monoisotopic (exact) mass is 364 g/mol. The first-order valence-electron chi connectivity index (χ1n) is 8.23. The molecule has 1 aromatic heterocycles. The molecule has 0 saturated heterocycles. The molecule has 142 valence electrons. The van der Waals surface area contributed by atoms with Gasteiger partial charge >= 0.3 is 6.09 Å². The van der Waals surface area contributed by atoms with E-state index in [4.69, 9.17) is 9.47 Å². The Morgan fingerprint density at radius 3 is 2.73 bits per heavy atom. The molecule has 0 aliphatic rings. The van der Waals surface area contributed by atoms with Crippen LogP contribution in [-0.4, -0.2) is 39.0 Å². The minimum absolute atomic E-state index is 0.00544. The van der Waals surface area contributed by atoms with Gasteiger partial charge in [0.2, 0.25) is 0 Å². The lowest BCUT2D eigenvalue weighted by Gasteiger charge is -2.21. The number of hydrogen-bond donors (Lipinski definition) is 1. The third-order valence-corrected chi connectivity index (χ3v) is 3.37. The van der Waals surface area contributed by atoms with Crippen LogP contribution in [0.25, 0.3) is 10.9 Å². The van der Waals surface area contributed by atoms with Crippen molar-refractivity contribution in [3.05, 3.63) is 34.0 Å². The molecule has 1 atom stereocenters. The van der Waals surface area contributed by atoms with Gasteiger partial charge in [0.15, 0.2) is 0 Å². The van der Waals surface area contributed by atoms with Crippen molar-refractivity contribution in [1.29, 1.82) is 0 Å². The second-order valence-electron chi connectivity index (χ2n) is 7.17. The van der Waals surface area contributed by atoms with Gasteiger partial charge in [-0.1, -0.05) is 0 Å². The smallest absolute Gasteiger partial charge is 0.407 e. The standard InChI is InChI=1S/C17H24N4O5/c1-11(18-16(22)26-17(2,3)4)9-25-10-12-6-14-13(8-20(5)19-14)15(7-12)21(23)24/h6-8,11H,9-10H2,1-5H3,(H,18,22)/t11-/m1/s1. The number of nitrogens with zero attached hydrogens (tertiary/aromatic N) is 3. The molecule has 0 aliphatic heterocycles. The zero-order chi connectivity index (χ0) is 19.5. The Morgan fingerprint density at radius 2 is 2.12 bits per heavy atom. The van der Waals surface area contributed by atoms with E-state index in [9.17, 15) is 14.9 Å². The summed E-state index contributed by atoms with van der Waals surface area (Å²) < 4.78 is 12.3. The van der Waals surface area contributed by atoms with Crippen LogP contribution in [0.2, 0.25) is 0 Å². The number of hydrogen-bond acceptors (Lipinski definition) is 6. The molecule has 0 spiro atoms. The highest BCUT2D eigenvalue weighted by molar-refractivity contribution is 5.88. The molecule has 2 aromatic rings. The molecular formula is C17H24N4O5. The number of alkyl carbamates (subject to hydrolysis) is 1. The number of carbonyl (C=O) groups excluding carboxylic acids is 1. The van der Waals surface area contributed by atoms with Crippen molar-refractivity contribution in [1.82, 2.24) is 15.1 Å². The van der Waals surface area contributed by atoms with Crippen LogP contribution in [-0.2, 0) is 23.1 Å². The molecule has 9 nitrogen and oxygen atoms in total. The summed E-state index contributed by atoms with van der Waals surface area (Å²) in [6, 6.07) is 2.97. The lowest BCUT2D eigenvalue weighted by atomic mass is 10.1. The molecule has 0 unspecified atom stereocenters. The van der Waals surface area contributed by atoms with Gasteiger partial charge in [-0.2, -0.15) is 5.10 Å². The minimum Gasteiger partial charge on any atom is -0.444 e. The highest BCUT2D eigenvalue weighted by Gasteiger charge is 2.19. The van der Waals surface area contributed by atoms with Crippen LogP contribution in [0.1, 0.15) is 33.3 Å². The fourth-order valence-corrected chi connectivity index (χ4v) is 2.42. The summed E-state index contributed by atoms with van der Waals surface area (Å²) in [4.78, 5) is 22.5.